The fourth-order valence-corrected chi connectivity index (χ4v) is 9.32. The first-order valence-electron chi connectivity index (χ1n) is 16.2. The fourth-order valence-electron chi connectivity index (χ4n) is 8.91. The first-order valence-corrected chi connectivity index (χ1v) is 17.0. The standard InChI is InChI=1S/C37H44BrN3O/c38-32-16-17-33-31(20-32)24-40(23-27-10-4-1-5-11-27)26-37(33)25-39-22-34(37)36(42)41-19-18-30(28-12-6-2-7-13-28)21-35(41)29-14-8-3-9-15-29/h1-2,4-7,10-13,16-17,20,29-30,34-35,39H,3,8-9,14-15,18-19,21-26H2. The number of likely N-dealkylation sites (tertiary alicyclic amines) is 1. The van der Waals surface area contributed by atoms with E-state index in [9.17, 15) is 4.79 Å². The van der Waals surface area contributed by atoms with Crippen molar-refractivity contribution in [1.29, 1.82) is 0 Å². The lowest BCUT2D eigenvalue weighted by molar-refractivity contribution is -0.143. The number of piperidine rings is 1. The summed E-state index contributed by atoms with van der Waals surface area (Å²) in [4.78, 5) is 19.9. The number of carbonyl (C=O) groups is 1. The van der Waals surface area contributed by atoms with Crippen molar-refractivity contribution in [1.82, 2.24) is 15.1 Å². The predicted octanol–water partition coefficient (Wildman–Crippen LogP) is 7.28. The normalized spacial score (nSPS) is 28.6. The Morgan fingerprint density at radius 2 is 1.69 bits per heavy atom. The van der Waals surface area contributed by atoms with Crippen LogP contribution in [0.15, 0.2) is 83.3 Å². The summed E-state index contributed by atoms with van der Waals surface area (Å²) < 4.78 is 1.12. The summed E-state index contributed by atoms with van der Waals surface area (Å²) in [6.45, 7) is 5.24. The SMILES string of the molecule is O=C(C1CNCC12CN(Cc1ccccc1)Cc1cc(Br)ccc12)N1CCC(c2ccccc2)CC1C1CCCCC1. The molecule has 4 unspecified atom stereocenters. The molecule has 1 N–H and O–H groups in total. The Labute approximate surface area is 260 Å². The molecular formula is C37H44BrN3O. The molecule has 0 aromatic heterocycles. The lowest BCUT2D eigenvalue weighted by Crippen LogP contribution is -2.58. The molecule has 7 rings (SSSR count). The molecule has 5 heteroatoms. The van der Waals surface area contributed by atoms with Gasteiger partial charge in [0.2, 0.25) is 5.91 Å². The largest absolute Gasteiger partial charge is 0.339 e. The quantitative estimate of drug-likeness (QED) is 0.324. The molecule has 3 aromatic carbocycles. The molecule has 4 nitrogen and oxygen atoms in total. The van der Waals surface area contributed by atoms with Crippen LogP contribution in [0.2, 0.25) is 0 Å². The maximum atomic E-state index is 15.0. The maximum absolute atomic E-state index is 15.0. The van der Waals surface area contributed by atoms with Gasteiger partial charge in [-0.3, -0.25) is 9.69 Å². The van der Waals surface area contributed by atoms with Gasteiger partial charge in [0.1, 0.15) is 0 Å². The molecule has 4 aliphatic rings. The summed E-state index contributed by atoms with van der Waals surface area (Å²) in [5, 5.41) is 3.74. The van der Waals surface area contributed by atoms with Crippen LogP contribution < -0.4 is 5.32 Å². The van der Waals surface area contributed by atoms with Crippen LogP contribution in [0.1, 0.15) is 73.1 Å². The lowest BCUT2D eigenvalue weighted by atomic mass is 9.67. The molecule has 3 aliphatic heterocycles. The van der Waals surface area contributed by atoms with Gasteiger partial charge in [0.25, 0.3) is 0 Å². The van der Waals surface area contributed by atoms with Crippen molar-refractivity contribution in [2.45, 2.75) is 75.4 Å². The van der Waals surface area contributed by atoms with Crippen molar-refractivity contribution in [3.63, 3.8) is 0 Å². The van der Waals surface area contributed by atoms with E-state index < -0.39 is 0 Å². The highest BCUT2D eigenvalue weighted by Gasteiger charge is 2.54. The summed E-state index contributed by atoms with van der Waals surface area (Å²) in [6, 6.07) is 29.0. The summed E-state index contributed by atoms with van der Waals surface area (Å²) >= 11 is 3.75. The number of carbonyl (C=O) groups excluding carboxylic acids is 1. The number of nitrogens with zero attached hydrogens (tertiary/aromatic N) is 2. The van der Waals surface area contributed by atoms with Gasteiger partial charge in [-0.25, -0.2) is 0 Å². The Balaban J connectivity index is 1.20. The third-order valence-electron chi connectivity index (χ3n) is 10.9. The van der Waals surface area contributed by atoms with E-state index >= 15 is 0 Å². The number of hydrogen-bond donors (Lipinski definition) is 1. The van der Waals surface area contributed by atoms with Gasteiger partial charge in [-0.1, -0.05) is 102 Å². The van der Waals surface area contributed by atoms with E-state index in [-0.39, 0.29) is 11.3 Å². The van der Waals surface area contributed by atoms with Crippen molar-refractivity contribution in [2.24, 2.45) is 11.8 Å². The van der Waals surface area contributed by atoms with E-state index in [1.165, 1.54) is 54.4 Å². The average Bonchev–Trinajstić information content (AvgIpc) is 3.45. The van der Waals surface area contributed by atoms with Crippen molar-refractivity contribution in [3.8, 4) is 0 Å². The number of hydrogen-bond acceptors (Lipinski definition) is 3. The summed E-state index contributed by atoms with van der Waals surface area (Å²) in [5.41, 5.74) is 5.31. The van der Waals surface area contributed by atoms with Crippen LogP contribution >= 0.6 is 15.9 Å². The second-order valence-electron chi connectivity index (χ2n) is 13.4. The number of fused-ring (bicyclic) bond motifs is 2. The monoisotopic (exact) mass is 625 g/mol. The summed E-state index contributed by atoms with van der Waals surface area (Å²) in [7, 11) is 0. The van der Waals surface area contributed by atoms with E-state index in [0.29, 0.717) is 23.8 Å². The number of nitrogens with one attached hydrogen (secondary N) is 1. The highest BCUT2D eigenvalue weighted by Crippen LogP contribution is 2.46. The van der Waals surface area contributed by atoms with Gasteiger partial charge in [0.05, 0.1) is 5.92 Å². The summed E-state index contributed by atoms with van der Waals surface area (Å²) in [6.07, 6.45) is 8.68. The zero-order chi connectivity index (χ0) is 28.5. The van der Waals surface area contributed by atoms with Gasteiger partial charge in [-0.2, -0.15) is 0 Å². The molecule has 1 spiro atoms. The number of benzene rings is 3. The van der Waals surface area contributed by atoms with Gasteiger partial charge in [-0.05, 0) is 71.9 Å². The van der Waals surface area contributed by atoms with Gasteiger partial charge in [0.15, 0.2) is 0 Å². The first kappa shape index (κ1) is 28.3. The van der Waals surface area contributed by atoms with Crippen LogP contribution in [-0.2, 0) is 23.3 Å². The Hall–Kier alpha value is -2.47. The van der Waals surface area contributed by atoms with Crippen LogP contribution in [0.4, 0.5) is 0 Å². The molecule has 3 aromatic rings. The zero-order valence-corrected chi connectivity index (χ0v) is 26.3. The molecular weight excluding hydrogens is 582 g/mol. The zero-order valence-electron chi connectivity index (χ0n) is 24.7. The van der Waals surface area contributed by atoms with E-state index in [0.717, 1.165) is 56.6 Å². The Morgan fingerprint density at radius 3 is 2.48 bits per heavy atom. The molecule has 2 saturated heterocycles. The molecule has 0 bridgehead atoms. The average molecular weight is 627 g/mol. The van der Waals surface area contributed by atoms with Gasteiger partial charge >= 0.3 is 0 Å². The van der Waals surface area contributed by atoms with E-state index in [1.807, 2.05) is 0 Å². The molecule has 0 radical (unpaired) electrons. The second-order valence-corrected chi connectivity index (χ2v) is 14.3. The van der Waals surface area contributed by atoms with Crippen molar-refractivity contribution >= 4 is 21.8 Å². The van der Waals surface area contributed by atoms with E-state index in [2.05, 4.69) is 110 Å². The Kier molecular flexibility index (Phi) is 8.26. The number of rotatable bonds is 5. The molecule has 1 saturated carbocycles. The van der Waals surface area contributed by atoms with E-state index in [1.54, 1.807) is 0 Å². The van der Waals surface area contributed by atoms with Crippen LogP contribution in [0.5, 0.6) is 0 Å². The van der Waals surface area contributed by atoms with Crippen LogP contribution in [0.3, 0.4) is 0 Å². The van der Waals surface area contributed by atoms with Gasteiger partial charge in [-0.15, -0.1) is 0 Å². The predicted molar refractivity (Wildman–Crippen MR) is 173 cm³/mol. The molecule has 3 heterocycles. The number of amides is 1. The topological polar surface area (TPSA) is 35.6 Å². The van der Waals surface area contributed by atoms with Gasteiger partial charge < -0.3 is 10.2 Å². The van der Waals surface area contributed by atoms with E-state index in [4.69, 9.17) is 0 Å². The Morgan fingerprint density at radius 1 is 0.929 bits per heavy atom. The van der Waals surface area contributed by atoms with Crippen molar-refractivity contribution < 1.29 is 4.79 Å². The minimum absolute atomic E-state index is 0.0460. The van der Waals surface area contributed by atoms with Gasteiger partial charge in [0, 0.05) is 55.2 Å². The lowest BCUT2D eigenvalue weighted by Gasteiger charge is -2.49. The highest BCUT2D eigenvalue weighted by molar-refractivity contribution is 9.10. The highest BCUT2D eigenvalue weighted by atomic mass is 79.9. The second kappa shape index (κ2) is 12.3. The molecule has 220 valence electrons. The molecule has 42 heavy (non-hydrogen) atoms. The molecule has 1 aliphatic carbocycles. The Bertz CT molecular complexity index is 1370. The van der Waals surface area contributed by atoms with Crippen molar-refractivity contribution in [3.05, 3.63) is 106 Å². The van der Waals surface area contributed by atoms with Crippen LogP contribution in [0, 0.1) is 11.8 Å². The summed E-state index contributed by atoms with van der Waals surface area (Å²) in [5.74, 6) is 1.53. The minimum atomic E-state index is -0.215. The van der Waals surface area contributed by atoms with Crippen molar-refractivity contribution in [2.75, 3.05) is 26.2 Å². The third kappa shape index (κ3) is 5.49. The molecule has 3 fully saturated rings. The fraction of sp³-hybridized carbons (Fsp3) is 0.486. The number of halogens is 1. The third-order valence-corrected chi connectivity index (χ3v) is 11.4. The minimum Gasteiger partial charge on any atom is -0.339 e. The molecule has 4 atom stereocenters. The smallest absolute Gasteiger partial charge is 0.228 e. The maximum Gasteiger partial charge on any atom is 0.228 e. The van der Waals surface area contributed by atoms with Crippen LogP contribution in [0.25, 0.3) is 0 Å². The van der Waals surface area contributed by atoms with Crippen LogP contribution in [-0.4, -0.2) is 47.9 Å². The molecule has 1 amide bonds. The first-order chi connectivity index (χ1) is 20.6.